The average molecular weight is 330 g/mol. The highest BCUT2D eigenvalue weighted by Crippen LogP contribution is 2.30. The van der Waals surface area contributed by atoms with Crippen molar-refractivity contribution in [3.05, 3.63) is 78.4 Å². The number of hydrogen-bond donors (Lipinski definition) is 0. The Balaban J connectivity index is 1.92. The molecule has 0 aliphatic rings. The van der Waals surface area contributed by atoms with Crippen LogP contribution in [-0.2, 0) is 0 Å². The van der Waals surface area contributed by atoms with E-state index in [1.54, 1.807) is 7.11 Å². The summed E-state index contributed by atoms with van der Waals surface area (Å²) in [5, 5.41) is 7.88. The summed E-state index contributed by atoms with van der Waals surface area (Å²) in [5.41, 5.74) is 1.34. The average Bonchev–Trinajstić information content (AvgIpc) is 2.61. The van der Waals surface area contributed by atoms with Gasteiger partial charge in [0.05, 0.1) is 7.11 Å². The van der Waals surface area contributed by atoms with E-state index in [0.717, 1.165) is 5.75 Å². The van der Waals surface area contributed by atoms with Gasteiger partial charge in [0.2, 0.25) is 0 Å². The smallest absolute Gasteiger partial charge is 0.127 e. The molecule has 4 aromatic rings. The number of hydrogen-bond acceptors (Lipinski definition) is 1. The minimum Gasteiger partial charge on any atom is -0.496 e. The molecule has 0 bridgehead atoms. The molecule has 0 amide bonds. The van der Waals surface area contributed by atoms with Crippen molar-refractivity contribution in [2.75, 3.05) is 7.11 Å². The number of aryl methyl sites for hydroxylation is 1. The molecule has 0 spiro atoms. The third-order valence-electron chi connectivity index (χ3n) is 4.47. The van der Waals surface area contributed by atoms with E-state index in [0.29, 0.717) is 8.58 Å². The second-order valence-corrected chi connectivity index (χ2v) is 7.29. The minimum atomic E-state index is 0.600. The van der Waals surface area contributed by atoms with E-state index in [-0.39, 0.29) is 0 Å². The molecule has 1 nitrogen and oxygen atoms in total. The Morgan fingerprint density at radius 3 is 1.88 bits per heavy atom. The minimum absolute atomic E-state index is 0.600. The lowest BCUT2D eigenvalue weighted by atomic mass is 10.1. The predicted octanol–water partition coefficient (Wildman–Crippen LogP) is 4.94. The molecule has 0 fully saturated rings. The Kier molecular flexibility index (Phi) is 3.96. The summed E-state index contributed by atoms with van der Waals surface area (Å²) in [6, 6.07) is 25.9. The summed E-state index contributed by atoms with van der Waals surface area (Å²) in [5.74, 6) is 0.951. The maximum absolute atomic E-state index is 5.62. The van der Waals surface area contributed by atoms with Crippen LogP contribution >= 0.6 is 8.58 Å². The molecule has 24 heavy (non-hydrogen) atoms. The molecule has 0 saturated carbocycles. The first-order chi connectivity index (χ1) is 11.8. The molecule has 0 saturated heterocycles. The van der Waals surface area contributed by atoms with E-state index in [1.165, 1.54) is 37.7 Å². The van der Waals surface area contributed by atoms with Gasteiger partial charge in [-0.2, -0.15) is 0 Å². The van der Waals surface area contributed by atoms with Gasteiger partial charge in [-0.3, -0.25) is 0 Å². The van der Waals surface area contributed by atoms with Gasteiger partial charge in [-0.1, -0.05) is 75.3 Å². The normalized spacial score (nSPS) is 11.6. The SMILES string of the molecule is COc1cccc2cccc(Pc3cccc4cccc(C)c34)c12. The van der Waals surface area contributed by atoms with E-state index in [4.69, 9.17) is 4.74 Å². The van der Waals surface area contributed by atoms with Crippen LogP contribution in [0.2, 0.25) is 0 Å². The lowest BCUT2D eigenvalue weighted by Crippen LogP contribution is -2.07. The van der Waals surface area contributed by atoms with E-state index >= 15 is 0 Å². The molecule has 1 unspecified atom stereocenters. The Hall–Kier alpha value is -2.37. The van der Waals surface area contributed by atoms with Crippen LogP contribution in [0, 0.1) is 6.92 Å². The van der Waals surface area contributed by atoms with Crippen molar-refractivity contribution >= 4 is 40.7 Å². The summed E-state index contributed by atoms with van der Waals surface area (Å²) in [4.78, 5) is 0. The van der Waals surface area contributed by atoms with Gasteiger partial charge in [0.1, 0.15) is 5.75 Å². The van der Waals surface area contributed by atoms with Crippen LogP contribution in [0.3, 0.4) is 0 Å². The van der Waals surface area contributed by atoms with Gasteiger partial charge in [-0.15, -0.1) is 0 Å². The number of fused-ring (bicyclic) bond motifs is 2. The van der Waals surface area contributed by atoms with Crippen molar-refractivity contribution in [2.45, 2.75) is 6.92 Å². The molecular weight excluding hydrogens is 311 g/mol. The molecule has 2 heteroatoms. The number of methoxy groups -OCH3 is 1. The molecule has 1 atom stereocenters. The zero-order chi connectivity index (χ0) is 16.5. The van der Waals surface area contributed by atoms with E-state index < -0.39 is 0 Å². The van der Waals surface area contributed by atoms with Crippen molar-refractivity contribution in [3.8, 4) is 5.75 Å². The number of ether oxygens (including phenoxy) is 1. The Morgan fingerprint density at radius 1 is 0.667 bits per heavy atom. The maximum Gasteiger partial charge on any atom is 0.127 e. The number of benzene rings is 4. The zero-order valence-corrected chi connectivity index (χ0v) is 14.8. The quantitative estimate of drug-likeness (QED) is 0.484. The van der Waals surface area contributed by atoms with E-state index in [2.05, 4.69) is 73.7 Å². The van der Waals surface area contributed by atoms with Gasteiger partial charge in [0, 0.05) is 5.39 Å². The summed E-state index contributed by atoms with van der Waals surface area (Å²) >= 11 is 0. The molecule has 4 rings (SSSR count). The van der Waals surface area contributed by atoms with Crippen LogP contribution in [-0.4, -0.2) is 7.11 Å². The zero-order valence-electron chi connectivity index (χ0n) is 13.8. The summed E-state index contributed by atoms with van der Waals surface area (Å²) in [6.07, 6.45) is 0. The topological polar surface area (TPSA) is 9.23 Å². The van der Waals surface area contributed by atoms with Crippen LogP contribution in [0.25, 0.3) is 21.5 Å². The second-order valence-electron chi connectivity index (χ2n) is 5.97. The molecule has 0 aromatic heterocycles. The van der Waals surface area contributed by atoms with Crippen molar-refractivity contribution in [1.82, 2.24) is 0 Å². The fraction of sp³-hybridized carbons (Fsp3) is 0.0909. The lowest BCUT2D eigenvalue weighted by Gasteiger charge is -2.13. The van der Waals surface area contributed by atoms with Crippen LogP contribution < -0.4 is 15.3 Å². The molecule has 0 N–H and O–H groups in total. The third-order valence-corrected chi connectivity index (χ3v) is 5.84. The van der Waals surface area contributed by atoms with Crippen LogP contribution in [0.5, 0.6) is 5.75 Å². The van der Waals surface area contributed by atoms with Gasteiger partial charge in [0.15, 0.2) is 0 Å². The number of rotatable bonds is 3. The lowest BCUT2D eigenvalue weighted by molar-refractivity contribution is 0.420. The Morgan fingerprint density at radius 2 is 1.21 bits per heavy atom. The highest BCUT2D eigenvalue weighted by atomic mass is 31.1. The van der Waals surface area contributed by atoms with E-state index in [9.17, 15) is 0 Å². The van der Waals surface area contributed by atoms with Crippen molar-refractivity contribution in [1.29, 1.82) is 0 Å². The first-order valence-electron chi connectivity index (χ1n) is 8.09. The van der Waals surface area contributed by atoms with Gasteiger partial charge in [-0.25, -0.2) is 0 Å². The molecular formula is C22H19OP. The van der Waals surface area contributed by atoms with Gasteiger partial charge in [-0.05, 0) is 45.3 Å². The van der Waals surface area contributed by atoms with Crippen LogP contribution in [0.15, 0.2) is 72.8 Å². The van der Waals surface area contributed by atoms with Gasteiger partial charge in [0.25, 0.3) is 0 Å². The summed E-state index contributed by atoms with van der Waals surface area (Å²) < 4.78 is 5.62. The monoisotopic (exact) mass is 330 g/mol. The summed E-state index contributed by atoms with van der Waals surface area (Å²) in [7, 11) is 2.35. The molecule has 0 heterocycles. The highest BCUT2D eigenvalue weighted by molar-refractivity contribution is 7.56. The Bertz CT molecular complexity index is 1030. The highest BCUT2D eigenvalue weighted by Gasteiger charge is 2.10. The van der Waals surface area contributed by atoms with Crippen molar-refractivity contribution < 1.29 is 4.74 Å². The maximum atomic E-state index is 5.62. The van der Waals surface area contributed by atoms with Crippen LogP contribution in [0.1, 0.15) is 5.56 Å². The first kappa shape index (κ1) is 15.2. The second kappa shape index (κ2) is 6.26. The third kappa shape index (κ3) is 2.56. The predicted molar refractivity (Wildman–Crippen MR) is 107 cm³/mol. The summed E-state index contributed by atoms with van der Waals surface area (Å²) in [6.45, 7) is 2.19. The fourth-order valence-electron chi connectivity index (χ4n) is 3.36. The molecule has 4 aromatic carbocycles. The Labute approximate surface area is 144 Å². The first-order valence-corrected chi connectivity index (χ1v) is 9.09. The fourth-order valence-corrected chi connectivity index (χ4v) is 4.87. The van der Waals surface area contributed by atoms with Crippen LogP contribution in [0.4, 0.5) is 0 Å². The van der Waals surface area contributed by atoms with Gasteiger partial charge >= 0.3 is 0 Å². The molecule has 0 aliphatic heterocycles. The molecule has 118 valence electrons. The van der Waals surface area contributed by atoms with Crippen molar-refractivity contribution in [3.63, 3.8) is 0 Å². The van der Waals surface area contributed by atoms with Gasteiger partial charge < -0.3 is 4.74 Å². The van der Waals surface area contributed by atoms with E-state index in [1.807, 2.05) is 6.07 Å². The molecule has 0 radical (unpaired) electrons. The molecule has 0 aliphatic carbocycles. The largest absolute Gasteiger partial charge is 0.496 e. The van der Waals surface area contributed by atoms with Crippen molar-refractivity contribution in [2.24, 2.45) is 0 Å². The standard InChI is InChI=1S/C22H19OP/c1-15-7-3-8-16-10-5-13-19(21(15)16)24-20-14-6-11-17-9-4-12-18(23-2)22(17)20/h3-14,24H,1-2H3.